The van der Waals surface area contributed by atoms with Gasteiger partial charge in [0.2, 0.25) is 5.17 Å². The molecule has 1 N–H and O–H groups in total. The van der Waals surface area contributed by atoms with E-state index in [9.17, 15) is 4.79 Å². The number of thioether (sulfide) groups is 1. The molecule has 2 aromatic rings. The Morgan fingerprint density at radius 2 is 1.90 bits per heavy atom. The second-order valence-electron chi connectivity index (χ2n) is 8.56. The number of aryl methyl sites for hydroxylation is 3. The number of aliphatic imine (C=N–C) groups is 1. The molecule has 0 saturated carbocycles. The van der Waals surface area contributed by atoms with Crippen LogP contribution >= 0.6 is 11.8 Å². The third-order valence-electron chi connectivity index (χ3n) is 5.45. The second-order valence-corrected chi connectivity index (χ2v) is 9.60. The molecule has 1 aromatic carbocycles. The van der Waals surface area contributed by atoms with Crippen LogP contribution in [0, 0.1) is 39.0 Å². The van der Waals surface area contributed by atoms with Crippen LogP contribution in [-0.2, 0) is 4.79 Å². The van der Waals surface area contributed by atoms with E-state index in [1.807, 2.05) is 6.92 Å². The summed E-state index contributed by atoms with van der Waals surface area (Å²) >= 11 is 1.38. The number of carbonyl (C=O) groups excluding carboxylic acids is 1. The van der Waals surface area contributed by atoms with E-state index in [1.54, 1.807) is 6.08 Å². The van der Waals surface area contributed by atoms with Crippen molar-refractivity contribution in [1.29, 1.82) is 5.41 Å². The molecule has 0 spiro atoms. The van der Waals surface area contributed by atoms with Crippen LogP contribution in [0.5, 0.6) is 0 Å². The summed E-state index contributed by atoms with van der Waals surface area (Å²) in [7, 11) is 0. The Morgan fingerprint density at radius 1 is 1.16 bits per heavy atom. The lowest BCUT2D eigenvalue weighted by atomic mass is 10.1. The number of amidine groups is 2. The van der Waals surface area contributed by atoms with Crippen LogP contribution in [0.3, 0.4) is 0 Å². The maximum absolute atomic E-state index is 12.8. The van der Waals surface area contributed by atoms with E-state index in [0.29, 0.717) is 11.1 Å². The van der Waals surface area contributed by atoms with Crippen molar-refractivity contribution in [2.45, 2.75) is 48.0 Å². The van der Waals surface area contributed by atoms with Gasteiger partial charge < -0.3 is 4.57 Å². The molecule has 0 unspecified atom stereocenters. The fraction of sp³-hybridized carbons (Fsp3) is 0.333. The van der Waals surface area contributed by atoms with Gasteiger partial charge in [-0.3, -0.25) is 10.2 Å². The zero-order valence-corrected chi connectivity index (χ0v) is 19.6. The Labute approximate surface area is 187 Å². The van der Waals surface area contributed by atoms with Gasteiger partial charge in [-0.1, -0.05) is 26.0 Å². The van der Waals surface area contributed by atoms with Crippen molar-refractivity contribution < 1.29 is 4.79 Å². The number of amides is 1. The molecule has 160 valence electrons. The standard InChI is InChI=1S/C24H27N5OS/c1-13(2)9-21-27-29-22(25)19(23(30)26-24(29)31-21)12-18-11-16(5)28(17(18)6)20-10-14(3)7-8-15(20)4/h7-8,10-13,25H,9H2,1-6H3. The van der Waals surface area contributed by atoms with Crippen LogP contribution in [0.25, 0.3) is 11.8 Å². The van der Waals surface area contributed by atoms with E-state index in [1.165, 1.54) is 27.9 Å². The third kappa shape index (κ3) is 3.90. The first-order valence-corrected chi connectivity index (χ1v) is 11.2. The summed E-state index contributed by atoms with van der Waals surface area (Å²) in [5.74, 6) is 0.141. The number of hydrogen-bond donors (Lipinski definition) is 1. The van der Waals surface area contributed by atoms with Gasteiger partial charge in [-0.15, -0.1) is 0 Å². The first-order valence-electron chi connectivity index (χ1n) is 10.4. The van der Waals surface area contributed by atoms with Crippen molar-refractivity contribution in [1.82, 2.24) is 9.58 Å². The van der Waals surface area contributed by atoms with Crippen LogP contribution in [0.2, 0.25) is 0 Å². The van der Waals surface area contributed by atoms with Gasteiger partial charge in [-0.25, -0.2) is 0 Å². The molecule has 0 saturated heterocycles. The molecule has 0 atom stereocenters. The minimum absolute atomic E-state index is 0.0813. The highest BCUT2D eigenvalue weighted by Gasteiger charge is 2.35. The smallest absolute Gasteiger partial charge is 0.283 e. The average Bonchev–Trinajstić information content (AvgIpc) is 3.20. The van der Waals surface area contributed by atoms with Crippen molar-refractivity contribution in [3.63, 3.8) is 0 Å². The SMILES string of the molecule is Cc1ccc(C)c(-n2c(C)cc(C=C3C(=N)N4N=C(CC(C)C)SC4=NC3=O)c2C)c1. The van der Waals surface area contributed by atoms with Gasteiger partial charge in [-0.05, 0) is 80.3 Å². The van der Waals surface area contributed by atoms with Crippen LogP contribution < -0.4 is 0 Å². The number of hydrazone groups is 1. The number of aromatic nitrogens is 1. The average molecular weight is 434 g/mol. The Bertz CT molecular complexity index is 1200. The molecule has 0 aliphatic carbocycles. The van der Waals surface area contributed by atoms with E-state index >= 15 is 0 Å². The van der Waals surface area contributed by atoms with Gasteiger partial charge in [0.1, 0.15) is 5.04 Å². The van der Waals surface area contributed by atoms with Crippen molar-refractivity contribution in [3.8, 4) is 5.69 Å². The van der Waals surface area contributed by atoms with Crippen molar-refractivity contribution >= 4 is 39.8 Å². The number of nitrogens with one attached hydrogen (secondary N) is 1. The Kier molecular flexibility index (Phi) is 5.47. The Balaban J connectivity index is 1.73. The van der Waals surface area contributed by atoms with Crippen LogP contribution in [0.15, 0.2) is 39.9 Å². The molecule has 7 heteroatoms. The quantitative estimate of drug-likeness (QED) is 0.658. The summed E-state index contributed by atoms with van der Waals surface area (Å²) < 4.78 is 2.20. The summed E-state index contributed by atoms with van der Waals surface area (Å²) in [5.41, 5.74) is 6.77. The van der Waals surface area contributed by atoms with E-state index in [2.05, 4.69) is 73.5 Å². The minimum Gasteiger partial charge on any atom is -0.318 e. The third-order valence-corrected chi connectivity index (χ3v) is 6.39. The molecular formula is C24H27N5OS. The lowest BCUT2D eigenvalue weighted by Crippen LogP contribution is -2.35. The number of nitrogens with zero attached hydrogens (tertiary/aromatic N) is 4. The first kappa shape index (κ1) is 21.3. The Morgan fingerprint density at radius 3 is 2.61 bits per heavy atom. The number of benzene rings is 1. The summed E-state index contributed by atoms with van der Waals surface area (Å²) in [6, 6.07) is 8.45. The molecule has 1 amide bonds. The van der Waals surface area contributed by atoms with Gasteiger partial charge in [-0.2, -0.15) is 15.1 Å². The van der Waals surface area contributed by atoms with Crippen LogP contribution in [0.1, 0.15) is 48.3 Å². The molecule has 31 heavy (non-hydrogen) atoms. The largest absolute Gasteiger partial charge is 0.318 e. The highest BCUT2D eigenvalue weighted by molar-refractivity contribution is 8.26. The molecule has 4 rings (SSSR count). The summed E-state index contributed by atoms with van der Waals surface area (Å²) in [5, 5.41) is 16.0. The monoisotopic (exact) mass is 433 g/mol. The van der Waals surface area contributed by atoms with Gasteiger partial charge in [0, 0.05) is 23.5 Å². The molecular weight excluding hydrogens is 406 g/mol. The lowest BCUT2D eigenvalue weighted by molar-refractivity contribution is -0.114. The molecule has 3 heterocycles. The first-order chi connectivity index (χ1) is 14.7. The predicted molar refractivity (Wildman–Crippen MR) is 129 cm³/mol. The maximum atomic E-state index is 12.8. The molecule has 0 fully saturated rings. The van der Waals surface area contributed by atoms with E-state index in [0.717, 1.165) is 34.1 Å². The van der Waals surface area contributed by atoms with Crippen LogP contribution in [-0.4, -0.2) is 31.5 Å². The number of carbonyl (C=O) groups is 1. The number of rotatable bonds is 4. The molecule has 1 aromatic heterocycles. The Hall–Kier alpha value is -2.93. The van der Waals surface area contributed by atoms with Crippen molar-refractivity contribution in [3.05, 3.63) is 57.9 Å². The number of hydrogen-bond acceptors (Lipinski definition) is 4. The molecule has 2 aliphatic rings. The minimum atomic E-state index is -0.388. The molecule has 6 nitrogen and oxygen atoms in total. The van der Waals surface area contributed by atoms with Gasteiger partial charge in [0.05, 0.1) is 5.57 Å². The van der Waals surface area contributed by atoms with Crippen molar-refractivity contribution in [2.24, 2.45) is 16.0 Å². The fourth-order valence-corrected chi connectivity index (χ4v) is 4.98. The fourth-order valence-electron chi connectivity index (χ4n) is 3.88. The zero-order valence-electron chi connectivity index (χ0n) is 18.8. The summed E-state index contributed by atoms with van der Waals surface area (Å²) in [4.78, 5) is 17.0. The van der Waals surface area contributed by atoms with E-state index in [-0.39, 0.29) is 17.3 Å². The molecule has 0 bridgehead atoms. The summed E-state index contributed by atoms with van der Waals surface area (Å²) in [6.07, 6.45) is 2.58. The molecule has 0 radical (unpaired) electrons. The van der Waals surface area contributed by atoms with Gasteiger partial charge in [0.25, 0.3) is 5.91 Å². The highest BCUT2D eigenvalue weighted by atomic mass is 32.2. The van der Waals surface area contributed by atoms with Gasteiger partial charge in [0.15, 0.2) is 5.84 Å². The molecule has 2 aliphatic heterocycles. The highest BCUT2D eigenvalue weighted by Crippen LogP contribution is 2.32. The van der Waals surface area contributed by atoms with Crippen LogP contribution in [0.4, 0.5) is 0 Å². The summed E-state index contributed by atoms with van der Waals surface area (Å²) in [6.45, 7) is 12.5. The maximum Gasteiger partial charge on any atom is 0.283 e. The predicted octanol–water partition coefficient (Wildman–Crippen LogP) is 5.38. The number of fused-ring (bicyclic) bond motifs is 1. The van der Waals surface area contributed by atoms with Gasteiger partial charge >= 0.3 is 0 Å². The van der Waals surface area contributed by atoms with E-state index in [4.69, 9.17) is 5.41 Å². The normalized spacial score (nSPS) is 17.5. The topological polar surface area (TPSA) is 73.8 Å². The zero-order chi connectivity index (χ0) is 22.4. The lowest BCUT2D eigenvalue weighted by Gasteiger charge is -2.20. The van der Waals surface area contributed by atoms with E-state index < -0.39 is 0 Å². The second kappa shape index (κ2) is 7.96. The van der Waals surface area contributed by atoms with Crippen molar-refractivity contribution in [2.75, 3.05) is 0 Å².